The van der Waals surface area contributed by atoms with E-state index in [4.69, 9.17) is 4.52 Å². The summed E-state index contributed by atoms with van der Waals surface area (Å²) < 4.78 is 4.82. The molecule has 0 saturated carbocycles. The highest BCUT2D eigenvalue weighted by molar-refractivity contribution is 5.60. The minimum absolute atomic E-state index is 0.0555. The molecule has 16 heavy (non-hydrogen) atoms. The van der Waals surface area contributed by atoms with Gasteiger partial charge in [-0.25, -0.2) is 0 Å². The van der Waals surface area contributed by atoms with Crippen molar-refractivity contribution in [3.63, 3.8) is 0 Å². The molecule has 0 unspecified atom stereocenters. The van der Waals surface area contributed by atoms with Crippen molar-refractivity contribution in [2.24, 2.45) is 0 Å². The van der Waals surface area contributed by atoms with E-state index in [1.807, 2.05) is 0 Å². The van der Waals surface area contributed by atoms with Crippen molar-refractivity contribution < 1.29 is 9.45 Å². The molecule has 2 aromatic rings. The van der Waals surface area contributed by atoms with Crippen molar-refractivity contribution >= 4 is 5.69 Å². The van der Waals surface area contributed by atoms with Crippen molar-refractivity contribution in [1.29, 1.82) is 0 Å². The standard InChI is InChI=1S/C10H9N3O3/c1-6-3-4-8(5-9(6)13(14)15)10-11-7(2)16-12-10/h3-5H,1-2H3. The van der Waals surface area contributed by atoms with Gasteiger partial charge in [0.2, 0.25) is 11.7 Å². The molecule has 82 valence electrons. The second-order valence-electron chi connectivity index (χ2n) is 3.40. The van der Waals surface area contributed by atoms with Gasteiger partial charge in [-0.1, -0.05) is 17.3 Å². The molecule has 0 saturated heterocycles. The topological polar surface area (TPSA) is 82.1 Å². The van der Waals surface area contributed by atoms with E-state index in [0.29, 0.717) is 22.8 Å². The molecule has 1 aromatic heterocycles. The Morgan fingerprint density at radius 3 is 2.69 bits per heavy atom. The number of hydrogen-bond acceptors (Lipinski definition) is 5. The summed E-state index contributed by atoms with van der Waals surface area (Å²) in [5.74, 6) is 0.791. The van der Waals surface area contributed by atoms with Gasteiger partial charge in [0.05, 0.1) is 4.92 Å². The second-order valence-corrected chi connectivity index (χ2v) is 3.40. The number of rotatable bonds is 2. The summed E-state index contributed by atoms with van der Waals surface area (Å²) in [6, 6.07) is 4.84. The molecule has 0 radical (unpaired) electrons. The van der Waals surface area contributed by atoms with Gasteiger partial charge >= 0.3 is 0 Å². The van der Waals surface area contributed by atoms with Gasteiger partial charge in [-0.15, -0.1) is 0 Å². The van der Waals surface area contributed by atoms with Gasteiger partial charge in [-0.05, 0) is 6.92 Å². The Morgan fingerprint density at radius 2 is 2.12 bits per heavy atom. The number of hydrogen-bond donors (Lipinski definition) is 0. The smallest absolute Gasteiger partial charge is 0.273 e. The van der Waals surface area contributed by atoms with Crippen LogP contribution in [0, 0.1) is 24.0 Å². The fourth-order valence-corrected chi connectivity index (χ4v) is 1.36. The summed E-state index contributed by atoms with van der Waals surface area (Å²) >= 11 is 0. The first-order valence-corrected chi connectivity index (χ1v) is 4.63. The highest BCUT2D eigenvalue weighted by Gasteiger charge is 2.14. The maximum absolute atomic E-state index is 10.8. The van der Waals surface area contributed by atoms with Crippen LogP contribution in [0.2, 0.25) is 0 Å². The number of aryl methyl sites for hydroxylation is 2. The van der Waals surface area contributed by atoms with Gasteiger partial charge in [0.1, 0.15) is 0 Å². The molecule has 0 bridgehead atoms. The number of aromatic nitrogens is 2. The fourth-order valence-electron chi connectivity index (χ4n) is 1.36. The molecule has 0 aliphatic heterocycles. The molecule has 1 aromatic carbocycles. The van der Waals surface area contributed by atoms with E-state index in [1.54, 1.807) is 26.0 Å². The summed E-state index contributed by atoms with van der Waals surface area (Å²) in [6.45, 7) is 3.35. The molecule has 0 aliphatic carbocycles. The van der Waals surface area contributed by atoms with Crippen LogP contribution in [-0.2, 0) is 0 Å². The molecular weight excluding hydrogens is 210 g/mol. The van der Waals surface area contributed by atoms with Crippen LogP contribution < -0.4 is 0 Å². The lowest BCUT2D eigenvalue weighted by atomic mass is 10.1. The van der Waals surface area contributed by atoms with Crippen LogP contribution in [0.15, 0.2) is 22.7 Å². The Morgan fingerprint density at radius 1 is 1.38 bits per heavy atom. The molecule has 1 heterocycles. The van der Waals surface area contributed by atoms with E-state index < -0.39 is 4.92 Å². The lowest BCUT2D eigenvalue weighted by molar-refractivity contribution is -0.385. The molecular formula is C10H9N3O3. The molecule has 6 nitrogen and oxygen atoms in total. The Bertz CT molecular complexity index is 548. The minimum Gasteiger partial charge on any atom is -0.339 e. The number of benzene rings is 1. The zero-order chi connectivity index (χ0) is 11.7. The largest absolute Gasteiger partial charge is 0.339 e. The Labute approximate surface area is 91.1 Å². The first-order chi connectivity index (χ1) is 7.58. The highest BCUT2D eigenvalue weighted by Crippen LogP contribution is 2.24. The zero-order valence-corrected chi connectivity index (χ0v) is 8.80. The summed E-state index contributed by atoms with van der Waals surface area (Å²) in [6.07, 6.45) is 0. The molecule has 0 N–H and O–H groups in total. The van der Waals surface area contributed by atoms with E-state index in [-0.39, 0.29) is 5.69 Å². The molecule has 2 rings (SSSR count). The third kappa shape index (κ3) is 1.77. The fraction of sp³-hybridized carbons (Fsp3) is 0.200. The molecule has 0 spiro atoms. The normalized spacial score (nSPS) is 10.4. The first-order valence-electron chi connectivity index (χ1n) is 4.63. The number of nitro groups is 1. The Balaban J connectivity index is 2.51. The number of nitrogens with zero attached hydrogens (tertiary/aromatic N) is 3. The quantitative estimate of drug-likeness (QED) is 0.571. The molecule has 0 atom stereocenters. The van der Waals surface area contributed by atoms with Crippen LogP contribution >= 0.6 is 0 Å². The van der Waals surface area contributed by atoms with Gasteiger partial charge in [-0.3, -0.25) is 10.1 Å². The highest BCUT2D eigenvalue weighted by atomic mass is 16.6. The van der Waals surface area contributed by atoms with E-state index in [0.717, 1.165) is 0 Å². The monoisotopic (exact) mass is 219 g/mol. The predicted molar refractivity (Wildman–Crippen MR) is 55.9 cm³/mol. The van der Waals surface area contributed by atoms with Gasteiger partial charge in [0.15, 0.2) is 0 Å². The maximum Gasteiger partial charge on any atom is 0.273 e. The zero-order valence-electron chi connectivity index (χ0n) is 8.80. The lowest BCUT2D eigenvalue weighted by Crippen LogP contribution is -1.92. The van der Waals surface area contributed by atoms with Crippen molar-refractivity contribution in [2.45, 2.75) is 13.8 Å². The van der Waals surface area contributed by atoms with Gasteiger partial charge in [0, 0.05) is 24.1 Å². The summed E-state index contributed by atoms with van der Waals surface area (Å²) in [4.78, 5) is 14.3. The molecule has 0 fully saturated rings. The minimum atomic E-state index is -0.425. The predicted octanol–water partition coefficient (Wildman–Crippen LogP) is 2.26. The lowest BCUT2D eigenvalue weighted by Gasteiger charge is -1.98. The second kappa shape index (κ2) is 3.73. The third-order valence-corrected chi connectivity index (χ3v) is 2.19. The Hall–Kier alpha value is -2.24. The molecule has 0 aliphatic rings. The first kappa shape index (κ1) is 10.3. The van der Waals surface area contributed by atoms with Crippen molar-refractivity contribution in [3.05, 3.63) is 39.8 Å². The van der Waals surface area contributed by atoms with Crippen molar-refractivity contribution in [1.82, 2.24) is 10.1 Å². The average Bonchev–Trinajstić information content (AvgIpc) is 2.65. The van der Waals surface area contributed by atoms with Crippen LogP contribution in [-0.4, -0.2) is 15.1 Å². The molecule has 0 amide bonds. The maximum atomic E-state index is 10.8. The van der Waals surface area contributed by atoms with Crippen LogP contribution in [0.4, 0.5) is 5.69 Å². The van der Waals surface area contributed by atoms with Gasteiger partial charge in [-0.2, -0.15) is 4.98 Å². The van der Waals surface area contributed by atoms with Gasteiger partial charge < -0.3 is 4.52 Å². The Kier molecular flexibility index (Phi) is 2.40. The van der Waals surface area contributed by atoms with Crippen LogP contribution in [0.1, 0.15) is 11.5 Å². The number of nitro benzene ring substituents is 1. The average molecular weight is 219 g/mol. The summed E-state index contributed by atoms with van der Waals surface area (Å²) in [5.41, 5.74) is 1.24. The van der Waals surface area contributed by atoms with Crippen molar-refractivity contribution in [2.75, 3.05) is 0 Å². The summed E-state index contributed by atoms with van der Waals surface area (Å²) in [7, 11) is 0. The van der Waals surface area contributed by atoms with Crippen LogP contribution in [0.5, 0.6) is 0 Å². The van der Waals surface area contributed by atoms with Gasteiger partial charge in [0.25, 0.3) is 5.69 Å². The van der Waals surface area contributed by atoms with E-state index in [1.165, 1.54) is 6.07 Å². The molecule has 6 heteroatoms. The van der Waals surface area contributed by atoms with Crippen molar-refractivity contribution in [3.8, 4) is 11.4 Å². The SMILES string of the molecule is Cc1nc(-c2ccc(C)c([N+](=O)[O-])c2)no1. The van der Waals surface area contributed by atoms with Crippen LogP contribution in [0.3, 0.4) is 0 Å². The van der Waals surface area contributed by atoms with E-state index in [2.05, 4.69) is 10.1 Å². The third-order valence-electron chi connectivity index (χ3n) is 2.19. The summed E-state index contributed by atoms with van der Waals surface area (Å²) in [5, 5.41) is 14.5. The van der Waals surface area contributed by atoms with Crippen LogP contribution in [0.25, 0.3) is 11.4 Å². The van der Waals surface area contributed by atoms with E-state index >= 15 is 0 Å². The van der Waals surface area contributed by atoms with E-state index in [9.17, 15) is 10.1 Å².